The van der Waals surface area contributed by atoms with E-state index < -0.39 is 0 Å². The van der Waals surface area contributed by atoms with Crippen LogP contribution in [-0.2, 0) is 0 Å². The summed E-state index contributed by atoms with van der Waals surface area (Å²) < 4.78 is 0.893. The van der Waals surface area contributed by atoms with Crippen LogP contribution in [0.15, 0.2) is 28.7 Å². The number of hydrogen-bond acceptors (Lipinski definition) is 4. The number of nitrogen functional groups attached to an aromatic ring is 1. The Morgan fingerprint density at radius 3 is 2.83 bits per heavy atom. The first-order valence-corrected chi connectivity index (χ1v) is 7.68. The Balaban J connectivity index is 2.07. The fourth-order valence-electron chi connectivity index (χ4n) is 2.85. The zero-order valence-corrected chi connectivity index (χ0v) is 13.4. The van der Waals surface area contributed by atoms with Gasteiger partial charge in [0, 0.05) is 33.1 Å². The molecule has 2 aromatic heterocycles. The predicted octanol–water partition coefficient (Wildman–Crippen LogP) is 2.12. The number of nitrogens with two attached hydrogens (primary N) is 1. The number of benzene rings is 1. The van der Waals surface area contributed by atoms with E-state index in [0.29, 0.717) is 29.1 Å². The third kappa shape index (κ3) is 2.10. The quantitative estimate of drug-likeness (QED) is 0.448. The highest BCUT2D eigenvalue weighted by Crippen LogP contribution is 2.37. The first kappa shape index (κ1) is 13.9. The monoisotopic (exact) mass is 373 g/mol. The van der Waals surface area contributed by atoms with E-state index in [0.717, 1.165) is 15.4 Å². The fourth-order valence-corrected chi connectivity index (χ4v) is 3.21. The van der Waals surface area contributed by atoms with Gasteiger partial charge >= 0.3 is 0 Å². The second kappa shape index (κ2) is 4.88. The third-order valence-electron chi connectivity index (χ3n) is 3.80. The number of carbonyl (C=O) groups is 1. The molecule has 1 aliphatic heterocycles. The minimum atomic E-state index is -0.203. The molecule has 0 atom stereocenters. The topological polar surface area (TPSA) is 120 Å². The molecule has 0 saturated heterocycles. The van der Waals surface area contributed by atoms with Crippen molar-refractivity contribution in [3.63, 3.8) is 0 Å². The summed E-state index contributed by atoms with van der Waals surface area (Å²) in [5, 5.41) is 13.7. The summed E-state index contributed by atoms with van der Waals surface area (Å²) in [6.07, 6.45) is 1.82. The van der Waals surface area contributed by atoms with Crippen LogP contribution in [0.1, 0.15) is 21.7 Å². The van der Waals surface area contributed by atoms with E-state index in [9.17, 15) is 9.90 Å². The number of carbonyl (C=O) groups excluding carboxylic acids is 1. The number of H-pyrrole nitrogens is 2. The van der Waals surface area contributed by atoms with Gasteiger partial charge in [-0.2, -0.15) is 4.98 Å². The molecule has 8 heteroatoms. The van der Waals surface area contributed by atoms with E-state index in [4.69, 9.17) is 5.73 Å². The molecule has 3 heterocycles. The molecule has 0 saturated carbocycles. The highest BCUT2D eigenvalue weighted by atomic mass is 79.9. The number of aromatic amines is 2. The summed E-state index contributed by atoms with van der Waals surface area (Å²) in [5.41, 5.74) is 8.66. The molecule has 7 nitrogen and oxygen atoms in total. The number of nitrogens with one attached hydrogen (secondary N) is 3. The standard InChI is InChI=1S/C15H12BrN5O2/c16-6-1-2-9-8(5-6)10-7(11-14(23)21-15(17)20-11)3-4-18-13(22)12(10)19-9/h1-3,5,19,23H,4H2,(H,18,22)(H3,17,20,21). The van der Waals surface area contributed by atoms with Crippen LogP contribution < -0.4 is 11.1 Å². The summed E-state index contributed by atoms with van der Waals surface area (Å²) >= 11 is 3.45. The lowest BCUT2D eigenvalue weighted by molar-refractivity contribution is 0.0954. The zero-order valence-electron chi connectivity index (χ0n) is 11.8. The maximum atomic E-state index is 12.3. The molecule has 116 valence electrons. The van der Waals surface area contributed by atoms with Crippen molar-refractivity contribution >= 4 is 44.3 Å². The van der Waals surface area contributed by atoms with Crippen molar-refractivity contribution in [2.45, 2.75) is 0 Å². The highest BCUT2D eigenvalue weighted by Gasteiger charge is 2.26. The molecule has 1 aromatic carbocycles. The number of anilines is 1. The number of imidazole rings is 1. The van der Waals surface area contributed by atoms with Gasteiger partial charge in [0.25, 0.3) is 5.91 Å². The Morgan fingerprint density at radius 1 is 1.26 bits per heavy atom. The van der Waals surface area contributed by atoms with Gasteiger partial charge in [0.1, 0.15) is 11.4 Å². The summed E-state index contributed by atoms with van der Waals surface area (Å²) in [4.78, 5) is 22.1. The van der Waals surface area contributed by atoms with Gasteiger partial charge in [0.15, 0.2) is 0 Å². The van der Waals surface area contributed by atoms with E-state index in [1.54, 1.807) is 0 Å². The van der Waals surface area contributed by atoms with Crippen LogP contribution in [0.5, 0.6) is 5.88 Å². The van der Waals surface area contributed by atoms with Crippen LogP contribution >= 0.6 is 15.9 Å². The van der Waals surface area contributed by atoms with Gasteiger partial charge < -0.3 is 26.1 Å². The lowest BCUT2D eigenvalue weighted by Gasteiger charge is -2.05. The third-order valence-corrected chi connectivity index (χ3v) is 4.29. The molecule has 23 heavy (non-hydrogen) atoms. The number of aromatic nitrogens is 3. The molecule has 0 fully saturated rings. The van der Waals surface area contributed by atoms with Gasteiger partial charge in [-0.05, 0) is 18.2 Å². The van der Waals surface area contributed by atoms with Crippen LogP contribution in [0.4, 0.5) is 5.95 Å². The highest BCUT2D eigenvalue weighted by molar-refractivity contribution is 9.10. The summed E-state index contributed by atoms with van der Waals surface area (Å²) in [5.74, 6) is -0.284. The second-order valence-electron chi connectivity index (χ2n) is 5.21. The Morgan fingerprint density at radius 2 is 2.09 bits per heavy atom. The lowest BCUT2D eigenvalue weighted by Crippen LogP contribution is -2.22. The molecule has 0 radical (unpaired) electrons. The molecular weight excluding hydrogens is 362 g/mol. The van der Waals surface area contributed by atoms with Gasteiger partial charge in [-0.3, -0.25) is 4.79 Å². The Labute approximate surface area is 138 Å². The number of nitrogens with zero attached hydrogens (tertiary/aromatic N) is 1. The Kier molecular flexibility index (Phi) is 2.95. The normalized spacial score (nSPS) is 14.3. The first-order valence-electron chi connectivity index (χ1n) is 6.89. The maximum Gasteiger partial charge on any atom is 0.268 e. The molecular formula is C15H12BrN5O2. The van der Waals surface area contributed by atoms with Crippen molar-refractivity contribution in [1.82, 2.24) is 20.3 Å². The molecule has 0 spiro atoms. The van der Waals surface area contributed by atoms with E-state index in [1.807, 2.05) is 24.3 Å². The van der Waals surface area contributed by atoms with Gasteiger partial charge in [-0.25, -0.2) is 0 Å². The molecule has 0 aliphatic carbocycles. The molecule has 1 amide bonds. The number of amides is 1. The minimum absolute atomic E-state index is 0.115. The van der Waals surface area contributed by atoms with Crippen LogP contribution in [0.25, 0.3) is 16.5 Å². The number of halogens is 1. The van der Waals surface area contributed by atoms with Crippen LogP contribution in [0, 0.1) is 0 Å². The van der Waals surface area contributed by atoms with Gasteiger partial charge in [-0.15, -0.1) is 0 Å². The van der Waals surface area contributed by atoms with Gasteiger partial charge in [0.2, 0.25) is 11.8 Å². The number of fused-ring (bicyclic) bond motifs is 3. The van der Waals surface area contributed by atoms with E-state index in [-0.39, 0.29) is 17.7 Å². The summed E-state index contributed by atoms with van der Waals surface area (Å²) in [7, 11) is 0. The average molecular weight is 374 g/mol. The van der Waals surface area contributed by atoms with Crippen LogP contribution in [0.3, 0.4) is 0 Å². The van der Waals surface area contributed by atoms with Crippen LogP contribution in [0.2, 0.25) is 0 Å². The van der Waals surface area contributed by atoms with E-state index in [1.165, 1.54) is 0 Å². The van der Waals surface area contributed by atoms with E-state index >= 15 is 0 Å². The Hall–Kier alpha value is -2.74. The number of hydrogen-bond donors (Lipinski definition) is 5. The first-order chi connectivity index (χ1) is 11.0. The van der Waals surface area contributed by atoms with Gasteiger partial charge in [0.05, 0.1) is 0 Å². The van der Waals surface area contributed by atoms with Gasteiger partial charge in [-0.1, -0.05) is 22.0 Å². The SMILES string of the molecule is Nc1nc(O)c(C2=CCNC(=O)c3[nH]c4ccc(Br)cc4c32)[nH]1. The second-order valence-corrected chi connectivity index (χ2v) is 6.13. The van der Waals surface area contributed by atoms with Crippen molar-refractivity contribution in [2.75, 3.05) is 12.3 Å². The van der Waals surface area contributed by atoms with E-state index in [2.05, 4.69) is 36.2 Å². The molecule has 3 aromatic rings. The van der Waals surface area contributed by atoms with Crippen molar-refractivity contribution in [1.29, 1.82) is 0 Å². The van der Waals surface area contributed by atoms with Crippen molar-refractivity contribution in [2.24, 2.45) is 0 Å². The fraction of sp³-hybridized carbons (Fsp3) is 0.0667. The van der Waals surface area contributed by atoms with Crippen molar-refractivity contribution in [3.05, 3.63) is 45.7 Å². The molecule has 4 rings (SSSR count). The van der Waals surface area contributed by atoms with Crippen molar-refractivity contribution < 1.29 is 9.90 Å². The summed E-state index contributed by atoms with van der Waals surface area (Å²) in [6.45, 7) is 0.338. The Bertz CT molecular complexity index is 985. The van der Waals surface area contributed by atoms with Crippen molar-refractivity contribution in [3.8, 4) is 5.88 Å². The maximum absolute atomic E-state index is 12.3. The largest absolute Gasteiger partial charge is 0.492 e. The molecule has 0 bridgehead atoms. The lowest BCUT2D eigenvalue weighted by atomic mass is 9.99. The predicted molar refractivity (Wildman–Crippen MR) is 90.1 cm³/mol. The summed E-state index contributed by atoms with van der Waals surface area (Å²) in [6, 6.07) is 5.71. The van der Waals surface area contributed by atoms with Crippen LogP contribution in [-0.4, -0.2) is 32.5 Å². The zero-order chi connectivity index (χ0) is 16.1. The average Bonchev–Trinajstić information content (AvgIpc) is 2.98. The number of aromatic hydroxyl groups is 1. The minimum Gasteiger partial charge on any atom is -0.492 e. The molecule has 1 aliphatic rings. The molecule has 0 unspecified atom stereocenters. The number of rotatable bonds is 1. The smallest absolute Gasteiger partial charge is 0.268 e. The molecule has 6 N–H and O–H groups in total.